The largest absolute Gasteiger partial charge is 0.339 e. The molecule has 26 heavy (non-hydrogen) atoms. The van der Waals surface area contributed by atoms with E-state index in [-0.39, 0.29) is 11.5 Å². The number of H-pyrrole nitrogens is 1. The molecule has 5 nitrogen and oxygen atoms in total. The summed E-state index contributed by atoms with van der Waals surface area (Å²) in [6.45, 7) is 4.87. The molecule has 1 heterocycles. The van der Waals surface area contributed by atoms with Crippen molar-refractivity contribution >= 4 is 5.91 Å². The Morgan fingerprint density at radius 2 is 1.46 bits per heavy atom. The number of rotatable bonds is 5. The summed E-state index contributed by atoms with van der Waals surface area (Å²) >= 11 is 0. The van der Waals surface area contributed by atoms with Crippen LogP contribution in [0.5, 0.6) is 0 Å². The van der Waals surface area contributed by atoms with Gasteiger partial charge < -0.3 is 4.90 Å². The van der Waals surface area contributed by atoms with Crippen LogP contribution in [0, 0.1) is 0 Å². The lowest BCUT2D eigenvalue weighted by Gasteiger charge is -2.21. The monoisotopic (exact) mass is 347 g/mol. The van der Waals surface area contributed by atoms with Crippen LogP contribution in [-0.4, -0.2) is 34.1 Å². The minimum atomic E-state index is -0.472. The van der Waals surface area contributed by atoms with Gasteiger partial charge in [0.05, 0.1) is 5.69 Å². The maximum atomic E-state index is 13.1. The van der Waals surface area contributed by atoms with Crippen molar-refractivity contribution in [2.24, 2.45) is 0 Å². The normalized spacial score (nSPS) is 10.5. The molecule has 1 N–H and O–H groups in total. The lowest BCUT2D eigenvalue weighted by molar-refractivity contribution is 0.0772. The molecule has 1 aromatic heterocycles. The first-order chi connectivity index (χ1) is 12.7. The van der Waals surface area contributed by atoms with Crippen LogP contribution in [0.15, 0.2) is 65.5 Å². The fourth-order valence-electron chi connectivity index (χ4n) is 3.01. The predicted octanol–water partition coefficient (Wildman–Crippen LogP) is 3.59. The Labute approximate surface area is 152 Å². The average molecular weight is 347 g/mol. The molecule has 3 aromatic rings. The van der Waals surface area contributed by atoms with Crippen LogP contribution >= 0.6 is 0 Å². The molecule has 0 fully saturated rings. The van der Waals surface area contributed by atoms with E-state index in [1.165, 1.54) is 0 Å². The minimum absolute atomic E-state index is 0.133. The molecule has 0 aliphatic carbocycles. The molecule has 3 rings (SSSR count). The molecule has 2 aromatic carbocycles. The number of hydrogen-bond acceptors (Lipinski definition) is 3. The van der Waals surface area contributed by atoms with E-state index < -0.39 is 5.56 Å². The number of nitrogens with one attached hydrogen (secondary N) is 1. The van der Waals surface area contributed by atoms with Gasteiger partial charge in [-0.2, -0.15) is 5.10 Å². The Morgan fingerprint density at radius 1 is 0.923 bits per heavy atom. The number of carbonyl (C=O) groups is 1. The van der Waals surface area contributed by atoms with Crippen molar-refractivity contribution in [3.05, 3.63) is 76.6 Å². The number of amides is 1. The number of aromatic amines is 1. The summed E-state index contributed by atoms with van der Waals surface area (Å²) in [5.41, 5.74) is 2.45. The van der Waals surface area contributed by atoms with Crippen molar-refractivity contribution in [1.82, 2.24) is 15.1 Å². The second kappa shape index (κ2) is 7.78. The molecule has 5 heteroatoms. The van der Waals surface area contributed by atoms with Gasteiger partial charge in [0.25, 0.3) is 11.5 Å². The fourth-order valence-corrected chi connectivity index (χ4v) is 3.01. The predicted molar refractivity (Wildman–Crippen MR) is 103 cm³/mol. The van der Waals surface area contributed by atoms with Crippen LogP contribution in [0.25, 0.3) is 22.4 Å². The molecule has 0 aliphatic rings. The minimum Gasteiger partial charge on any atom is -0.339 e. The highest BCUT2D eigenvalue weighted by atomic mass is 16.2. The van der Waals surface area contributed by atoms with Gasteiger partial charge in [0.15, 0.2) is 0 Å². The quantitative estimate of drug-likeness (QED) is 0.767. The van der Waals surface area contributed by atoms with E-state index in [4.69, 9.17) is 0 Å². The van der Waals surface area contributed by atoms with Gasteiger partial charge in [-0.05, 0) is 19.4 Å². The SMILES string of the molecule is CCN(CC)C(=O)c1c(-c2ccccc2)c(-c2ccccc2)n[nH]c1=O. The topological polar surface area (TPSA) is 66.1 Å². The molecule has 0 saturated heterocycles. The Balaban J connectivity index is 2.33. The smallest absolute Gasteiger partial charge is 0.277 e. The summed E-state index contributed by atoms with van der Waals surface area (Å²) in [7, 11) is 0. The number of nitrogens with zero attached hydrogens (tertiary/aromatic N) is 2. The molecule has 0 atom stereocenters. The first kappa shape index (κ1) is 17.6. The van der Waals surface area contributed by atoms with E-state index in [2.05, 4.69) is 10.2 Å². The molecule has 0 saturated carbocycles. The Kier molecular flexibility index (Phi) is 5.27. The number of hydrogen-bond donors (Lipinski definition) is 1. The van der Waals surface area contributed by atoms with Gasteiger partial charge in [-0.15, -0.1) is 0 Å². The van der Waals surface area contributed by atoms with Crippen LogP contribution in [0.2, 0.25) is 0 Å². The Hall–Kier alpha value is -3.21. The van der Waals surface area contributed by atoms with Crippen molar-refractivity contribution in [1.29, 1.82) is 0 Å². The van der Waals surface area contributed by atoms with Crippen LogP contribution in [0.4, 0.5) is 0 Å². The summed E-state index contributed by atoms with van der Waals surface area (Å²) in [5.74, 6) is -0.283. The highest BCUT2D eigenvalue weighted by molar-refractivity contribution is 6.03. The van der Waals surface area contributed by atoms with E-state index in [1.807, 2.05) is 74.5 Å². The van der Waals surface area contributed by atoms with Crippen LogP contribution in [0.3, 0.4) is 0 Å². The molecule has 132 valence electrons. The van der Waals surface area contributed by atoms with Crippen LogP contribution < -0.4 is 5.56 Å². The molecule has 0 bridgehead atoms. The summed E-state index contributed by atoms with van der Waals surface area (Å²) in [6.07, 6.45) is 0. The third kappa shape index (κ3) is 3.28. The average Bonchev–Trinajstić information content (AvgIpc) is 2.70. The Bertz CT molecular complexity index is 946. The second-order valence-corrected chi connectivity index (χ2v) is 5.86. The van der Waals surface area contributed by atoms with Gasteiger partial charge in [0, 0.05) is 24.2 Å². The molecule has 1 amide bonds. The summed E-state index contributed by atoms with van der Waals surface area (Å²) in [4.78, 5) is 27.3. The standard InChI is InChI=1S/C21H21N3O2/c1-3-24(4-2)21(26)18-17(15-11-7-5-8-12-15)19(22-23-20(18)25)16-13-9-6-10-14-16/h5-14H,3-4H2,1-2H3,(H,23,25). The highest BCUT2D eigenvalue weighted by Gasteiger charge is 2.25. The van der Waals surface area contributed by atoms with Crippen molar-refractivity contribution in [2.75, 3.05) is 13.1 Å². The van der Waals surface area contributed by atoms with E-state index in [0.717, 1.165) is 11.1 Å². The van der Waals surface area contributed by atoms with Gasteiger partial charge >= 0.3 is 0 Å². The molecule has 0 radical (unpaired) electrons. The van der Waals surface area contributed by atoms with Gasteiger partial charge in [0.1, 0.15) is 5.56 Å². The molecule has 0 spiro atoms. The number of aromatic nitrogens is 2. The molecular formula is C21H21N3O2. The van der Waals surface area contributed by atoms with Crippen molar-refractivity contribution in [3.63, 3.8) is 0 Å². The van der Waals surface area contributed by atoms with Crippen molar-refractivity contribution in [2.45, 2.75) is 13.8 Å². The maximum absolute atomic E-state index is 13.1. The molecule has 0 aliphatic heterocycles. The van der Waals surface area contributed by atoms with Gasteiger partial charge in [0.2, 0.25) is 0 Å². The number of carbonyl (C=O) groups excluding carboxylic acids is 1. The zero-order chi connectivity index (χ0) is 18.5. The maximum Gasteiger partial charge on any atom is 0.277 e. The lowest BCUT2D eigenvalue weighted by Crippen LogP contribution is -2.35. The second-order valence-electron chi connectivity index (χ2n) is 5.86. The van der Waals surface area contributed by atoms with Gasteiger partial charge in [-0.3, -0.25) is 9.59 Å². The van der Waals surface area contributed by atoms with Crippen molar-refractivity contribution < 1.29 is 4.79 Å². The summed E-state index contributed by atoms with van der Waals surface area (Å²) < 4.78 is 0. The third-order valence-electron chi connectivity index (χ3n) is 4.36. The fraction of sp³-hybridized carbons (Fsp3) is 0.190. The van der Waals surface area contributed by atoms with Crippen molar-refractivity contribution in [3.8, 4) is 22.4 Å². The lowest BCUT2D eigenvalue weighted by atomic mass is 9.95. The Morgan fingerprint density at radius 3 is 2.00 bits per heavy atom. The zero-order valence-electron chi connectivity index (χ0n) is 14.9. The van der Waals surface area contributed by atoms with Gasteiger partial charge in [-0.1, -0.05) is 60.7 Å². The number of benzene rings is 2. The third-order valence-corrected chi connectivity index (χ3v) is 4.36. The summed E-state index contributed by atoms with van der Waals surface area (Å²) in [5, 5.41) is 6.78. The highest BCUT2D eigenvalue weighted by Crippen LogP contribution is 2.32. The van der Waals surface area contributed by atoms with E-state index in [9.17, 15) is 9.59 Å². The van der Waals surface area contributed by atoms with Gasteiger partial charge in [-0.25, -0.2) is 5.10 Å². The first-order valence-electron chi connectivity index (χ1n) is 8.70. The first-order valence-corrected chi connectivity index (χ1v) is 8.70. The zero-order valence-corrected chi connectivity index (χ0v) is 14.9. The van der Waals surface area contributed by atoms with Crippen LogP contribution in [-0.2, 0) is 0 Å². The van der Waals surface area contributed by atoms with E-state index in [1.54, 1.807) is 4.90 Å². The van der Waals surface area contributed by atoms with E-state index >= 15 is 0 Å². The van der Waals surface area contributed by atoms with Crippen LogP contribution in [0.1, 0.15) is 24.2 Å². The molecular weight excluding hydrogens is 326 g/mol. The van der Waals surface area contributed by atoms with E-state index in [0.29, 0.717) is 24.3 Å². The molecule has 0 unspecified atom stereocenters. The summed E-state index contributed by atoms with van der Waals surface area (Å²) in [6, 6.07) is 19.0.